The number of hydrogen-bond donors (Lipinski definition) is 2. The molecule has 0 amide bonds. The predicted molar refractivity (Wildman–Crippen MR) is 85.0 cm³/mol. The van der Waals surface area contributed by atoms with E-state index in [9.17, 15) is 5.11 Å². The van der Waals surface area contributed by atoms with Gasteiger partial charge in [0.25, 0.3) is 0 Å². The minimum Gasteiger partial charge on any atom is -0.398 e. The van der Waals surface area contributed by atoms with Gasteiger partial charge in [0.1, 0.15) is 0 Å². The molecule has 0 saturated carbocycles. The van der Waals surface area contributed by atoms with Gasteiger partial charge in [0.15, 0.2) is 0 Å². The van der Waals surface area contributed by atoms with Gasteiger partial charge in [-0.2, -0.15) is 0 Å². The lowest BCUT2D eigenvalue weighted by molar-refractivity contribution is 0.296. The number of aromatic nitrogens is 1. The molecule has 0 aliphatic carbocycles. The predicted octanol–water partition coefficient (Wildman–Crippen LogP) is 2.80. The standard InChI is InChI=1S/C16H23N3O/c1-3-12(4-2)19(10-11-20)15-8-7-14(17)13-6-5-9-18-16(13)15/h5-9,12,20H,3-4,10-11,17H2,1-2H3. The zero-order valence-electron chi connectivity index (χ0n) is 12.2. The summed E-state index contributed by atoms with van der Waals surface area (Å²) in [4.78, 5) is 6.74. The Morgan fingerprint density at radius 2 is 2.00 bits per heavy atom. The summed E-state index contributed by atoms with van der Waals surface area (Å²) in [6.07, 6.45) is 3.86. The number of rotatable bonds is 6. The van der Waals surface area contributed by atoms with Crippen molar-refractivity contribution in [3.05, 3.63) is 30.5 Å². The zero-order valence-corrected chi connectivity index (χ0v) is 12.2. The van der Waals surface area contributed by atoms with Gasteiger partial charge in [-0.15, -0.1) is 0 Å². The maximum atomic E-state index is 9.38. The molecule has 4 heteroatoms. The number of pyridine rings is 1. The molecule has 0 bridgehead atoms. The Bertz CT molecular complexity index is 567. The fourth-order valence-electron chi connectivity index (χ4n) is 2.75. The third-order valence-corrected chi connectivity index (χ3v) is 3.82. The van der Waals surface area contributed by atoms with Gasteiger partial charge in [-0.25, -0.2) is 0 Å². The number of benzene rings is 1. The molecule has 2 aromatic rings. The number of anilines is 2. The van der Waals surface area contributed by atoms with E-state index in [0.29, 0.717) is 12.6 Å². The molecule has 108 valence electrons. The molecule has 0 atom stereocenters. The van der Waals surface area contributed by atoms with Crippen molar-refractivity contribution in [2.75, 3.05) is 23.8 Å². The minimum atomic E-state index is 0.134. The molecule has 0 spiro atoms. The van der Waals surface area contributed by atoms with E-state index in [-0.39, 0.29) is 6.61 Å². The SMILES string of the molecule is CCC(CC)N(CCO)c1ccc(N)c2cccnc12. The molecule has 3 N–H and O–H groups in total. The number of aliphatic hydroxyl groups excluding tert-OH is 1. The van der Waals surface area contributed by atoms with Gasteiger partial charge >= 0.3 is 0 Å². The Labute approximate surface area is 120 Å². The molecule has 0 aliphatic rings. The molecular weight excluding hydrogens is 250 g/mol. The summed E-state index contributed by atoms with van der Waals surface area (Å²) in [6.45, 7) is 5.09. The fourth-order valence-corrected chi connectivity index (χ4v) is 2.75. The van der Waals surface area contributed by atoms with Crippen LogP contribution in [-0.2, 0) is 0 Å². The van der Waals surface area contributed by atoms with Crippen LogP contribution in [0.25, 0.3) is 10.9 Å². The molecule has 1 aromatic heterocycles. The Morgan fingerprint density at radius 3 is 2.65 bits per heavy atom. The average Bonchev–Trinajstić information content (AvgIpc) is 2.48. The van der Waals surface area contributed by atoms with E-state index in [1.165, 1.54) is 0 Å². The first-order valence-electron chi connectivity index (χ1n) is 7.23. The number of fused-ring (bicyclic) bond motifs is 1. The molecule has 0 fully saturated rings. The summed E-state index contributed by atoms with van der Waals surface area (Å²) < 4.78 is 0. The van der Waals surface area contributed by atoms with Crippen LogP contribution in [0.2, 0.25) is 0 Å². The lowest BCUT2D eigenvalue weighted by Crippen LogP contribution is -2.37. The van der Waals surface area contributed by atoms with Crippen LogP contribution in [0.4, 0.5) is 11.4 Å². The van der Waals surface area contributed by atoms with Crippen LogP contribution in [0, 0.1) is 0 Å². The highest BCUT2D eigenvalue weighted by molar-refractivity contribution is 5.98. The quantitative estimate of drug-likeness (QED) is 0.794. The van der Waals surface area contributed by atoms with Crippen LogP contribution >= 0.6 is 0 Å². The van der Waals surface area contributed by atoms with Crippen LogP contribution in [0.3, 0.4) is 0 Å². The second-order valence-electron chi connectivity index (χ2n) is 4.96. The van der Waals surface area contributed by atoms with E-state index < -0.39 is 0 Å². The number of nitrogen functional groups attached to an aromatic ring is 1. The molecule has 1 heterocycles. The molecule has 0 unspecified atom stereocenters. The Hall–Kier alpha value is -1.81. The van der Waals surface area contributed by atoms with Gasteiger partial charge in [0, 0.05) is 29.9 Å². The highest BCUT2D eigenvalue weighted by Crippen LogP contribution is 2.31. The number of nitrogens with two attached hydrogens (primary N) is 1. The van der Waals surface area contributed by atoms with Crippen LogP contribution in [0.15, 0.2) is 30.5 Å². The molecule has 2 rings (SSSR count). The van der Waals surface area contributed by atoms with E-state index in [1.54, 1.807) is 6.20 Å². The van der Waals surface area contributed by atoms with Crippen LogP contribution < -0.4 is 10.6 Å². The van der Waals surface area contributed by atoms with Gasteiger partial charge in [0.2, 0.25) is 0 Å². The molecule has 1 aromatic carbocycles. The Kier molecular flexibility index (Phi) is 4.79. The highest BCUT2D eigenvalue weighted by Gasteiger charge is 2.18. The molecular formula is C16H23N3O. The second-order valence-corrected chi connectivity index (χ2v) is 4.96. The van der Waals surface area contributed by atoms with Crippen molar-refractivity contribution in [2.24, 2.45) is 0 Å². The maximum absolute atomic E-state index is 9.38. The molecule has 0 radical (unpaired) electrons. The summed E-state index contributed by atoms with van der Waals surface area (Å²) in [5.41, 5.74) is 8.74. The lowest BCUT2D eigenvalue weighted by Gasteiger charge is -2.32. The Morgan fingerprint density at radius 1 is 1.25 bits per heavy atom. The van der Waals surface area contributed by atoms with Crippen LogP contribution in [0.5, 0.6) is 0 Å². The highest BCUT2D eigenvalue weighted by atomic mass is 16.3. The van der Waals surface area contributed by atoms with Crippen molar-refractivity contribution in [2.45, 2.75) is 32.7 Å². The van der Waals surface area contributed by atoms with Crippen molar-refractivity contribution in [3.8, 4) is 0 Å². The second kappa shape index (κ2) is 6.57. The average molecular weight is 273 g/mol. The smallest absolute Gasteiger partial charge is 0.0956 e. The van der Waals surface area contributed by atoms with Crippen molar-refractivity contribution in [1.82, 2.24) is 4.98 Å². The van der Waals surface area contributed by atoms with E-state index in [4.69, 9.17) is 5.73 Å². The first-order chi connectivity index (χ1) is 9.72. The van der Waals surface area contributed by atoms with E-state index >= 15 is 0 Å². The van der Waals surface area contributed by atoms with Crippen LogP contribution in [-0.4, -0.2) is 29.3 Å². The van der Waals surface area contributed by atoms with Crippen molar-refractivity contribution >= 4 is 22.3 Å². The van der Waals surface area contributed by atoms with Gasteiger partial charge in [0.05, 0.1) is 17.8 Å². The third kappa shape index (κ3) is 2.70. The summed E-state index contributed by atoms with van der Waals surface area (Å²) >= 11 is 0. The monoisotopic (exact) mass is 273 g/mol. The van der Waals surface area contributed by atoms with Crippen molar-refractivity contribution in [3.63, 3.8) is 0 Å². The summed E-state index contributed by atoms with van der Waals surface area (Å²) in [5.74, 6) is 0. The maximum Gasteiger partial charge on any atom is 0.0956 e. The first kappa shape index (κ1) is 14.6. The molecule has 0 aliphatic heterocycles. The van der Waals surface area contributed by atoms with Gasteiger partial charge in [-0.1, -0.05) is 13.8 Å². The van der Waals surface area contributed by atoms with Crippen molar-refractivity contribution < 1.29 is 5.11 Å². The first-order valence-corrected chi connectivity index (χ1v) is 7.23. The zero-order chi connectivity index (χ0) is 14.5. The minimum absolute atomic E-state index is 0.134. The molecule has 20 heavy (non-hydrogen) atoms. The summed E-state index contributed by atoms with van der Waals surface area (Å²) in [5, 5.41) is 10.3. The Balaban J connectivity index is 2.56. The summed E-state index contributed by atoms with van der Waals surface area (Å²) in [7, 11) is 0. The van der Waals surface area contributed by atoms with E-state index in [2.05, 4.69) is 23.7 Å². The number of hydrogen-bond acceptors (Lipinski definition) is 4. The fraction of sp³-hybridized carbons (Fsp3) is 0.438. The molecule has 4 nitrogen and oxygen atoms in total. The van der Waals surface area contributed by atoms with Gasteiger partial charge < -0.3 is 15.7 Å². The number of aliphatic hydroxyl groups is 1. The third-order valence-electron chi connectivity index (χ3n) is 3.82. The summed E-state index contributed by atoms with van der Waals surface area (Å²) in [6, 6.07) is 8.22. The van der Waals surface area contributed by atoms with Crippen LogP contribution in [0.1, 0.15) is 26.7 Å². The van der Waals surface area contributed by atoms with Gasteiger partial charge in [-0.3, -0.25) is 4.98 Å². The largest absolute Gasteiger partial charge is 0.398 e. The molecule has 0 saturated heterocycles. The van der Waals surface area contributed by atoms with E-state index in [1.807, 2.05) is 24.3 Å². The normalized spacial score (nSPS) is 11.2. The van der Waals surface area contributed by atoms with Crippen molar-refractivity contribution in [1.29, 1.82) is 0 Å². The van der Waals surface area contributed by atoms with Gasteiger partial charge in [-0.05, 0) is 37.1 Å². The lowest BCUT2D eigenvalue weighted by atomic mass is 10.1. The number of nitrogens with zero attached hydrogens (tertiary/aromatic N) is 2. The topological polar surface area (TPSA) is 62.4 Å². The van der Waals surface area contributed by atoms with E-state index in [0.717, 1.165) is 35.1 Å².